The summed E-state index contributed by atoms with van der Waals surface area (Å²) in [6.07, 6.45) is 0. The first-order valence-electron chi connectivity index (χ1n) is 6.94. The van der Waals surface area contributed by atoms with E-state index in [4.69, 9.17) is 0 Å². The van der Waals surface area contributed by atoms with Crippen LogP contribution in [0.2, 0.25) is 0 Å². The molecule has 0 atom stereocenters. The number of hydrogen-bond donors (Lipinski definition) is 2. The number of urea groups is 1. The van der Waals surface area contributed by atoms with Gasteiger partial charge in [0.05, 0.1) is 0 Å². The number of thioether (sulfide) groups is 1. The number of anilines is 1. The first-order valence-corrected chi connectivity index (χ1v) is 7.93. The monoisotopic (exact) mass is 300 g/mol. The molecule has 2 rings (SSSR count). The maximum atomic E-state index is 11.7. The van der Waals surface area contributed by atoms with Gasteiger partial charge in [0, 0.05) is 22.9 Å². The second-order valence-corrected chi connectivity index (χ2v) is 6.08. The van der Waals surface area contributed by atoms with Gasteiger partial charge in [-0.05, 0) is 43.7 Å². The fourth-order valence-corrected chi connectivity index (χ4v) is 2.63. The van der Waals surface area contributed by atoms with Gasteiger partial charge in [-0.2, -0.15) is 0 Å². The fourth-order valence-electron chi connectivity index (χ4n) is 1.87. The molecule has 0 unspecified atom stereocenters. The lowest BCUT2D eigenvalue weighted by atomic mass is 10.2. The van der Waals surface area contributed by atoms with Crippen molar-refractivity contribution in [1.82, 2.24) is 5.32 Å². The highest BCUT2D eigenvalue weighted by Crippen LogP contribution is 2.17. The van der Waals surface area contributed by atoms with Crippen molar-refractivity contribution in [3.05, 3.63) is 59.7 Å². The Balaban J connectivity index is 1.68. The summed E-state index contributed by atoms with van der Waals surface area (Å²) in [7, 11) is 0. The fraction of sp³-hybridized carbons (Fsp3) is 0.235. The van der Waals surface area contributed by atoms with E-state index in [0.717, 1.165) is 17.0 Å². The zero-order valence-electron chi connectivity index (χ0n) is 12.3. The Bertz CT molecular complexity index is 596. The molecule has 0 fully saturated rings. The van der Waals surface area contributed by atoms with Crippen LogP contribution in [0, 0.1) is 13.8 Å². The van der Waals surface area contributed by atoms with Crippen LogP contribution in [0.25, 0.3) is 0 Å². The minimum Gasteiger partial charge on any atom is -0.337 e. The Labute approximate surface area is 130 Å². The topological polar surface area (TPSA) is 41.1 Å². The number of carbonyl (C=O) groups excluding carboxylic acids is 1. The van der Waals surface area contributed by atoms with Crippen LogP contribution in [0.5, 0.6) is 0 Å². The maximum Gasteiger partial charge on any atom is 0.319 e. The molecule has 2 aromatic carbocycles. The lowest BCUT2D eigenvalue weighted by Crippen LogP contribution is -2.30. The maximum absolute atomic E-state index is 11.7. The number of aryl methyl sites for hydroxylation is 2. The predicted octanol–water partition coefficient (Wildman–Crippen LogP) is 4.22. The normalized spacial score (nSPS) is 10.2. The summed E-state index contributed by atoms with van der Waals surface area (Å²) in [4.78, 5) is 13.0. The first-order chi connectivity index (χ1) is 10.1. The zero-order valence-corrected chi connectivity index (χ0v) is 13.2. The lowest BCUT2D eigenvalue weighted by molar-refractivity contribution is 0.252. The molecule has 2 aromatic rings. The molecule has 0 radical (unpaired) electrons. The van der Waals surface area contributed by atoms with Crippen LogP contribution in [0.3, 0.4) is 0 Å². The SMILES string of the molecule is Cc1ccc(SCCNC(=O)Nc2cccc(C)c2)cc1. The Morgan fingerprint density at radius 1 is 1.05 bits per heavy atom. The van der Waals surface area contributed by atoms with E-state index in [1.54, 1.807) is 11.8 Å². The van der Waals surface area contributed by atoms with Crippen molar-refractivity contribution in [3.8, 4) is 0 Å². The first kappa shape index (κ1) is 15.4. The van der Waals surface area contributed by atoms with Gasteiger partial charge in [0.15, 0.2) is 0 Å². The zero-order chi connectivity index (χ0) is 15.1. The van der Waals surface area contributed by atoms with E-state index in [1.807, 2.05) is 31.2 Å². The summed E-state index contributed by atoms with van der Waals surface area (Å²) in [5, 5.41) is 5.69. The van der Waals surface area contributed by atoms with Crippen LogP contribution in [0.15, 0.2) is 53.4 Å². The van der Waals surface area contributed by atoms with Crippen LogP contribution in [0.4, 0.5) is 10.5 Å². The van der Waals surface area contributed by atoms with Crippen molar-refractivity contribution < 1.29 is 4.79 Å². The van der Waals surface area contributed by atoms with Gasteiger partial charge in [0.25, 0.3) is 0 Å². The number of nitrogens with one attached hydrogen (secondary N) is 2. The number of hydrogen-bond acceptors (Lipinski definition) is 2. The smallest absolute Gasteiger partial charge is 0.319 e. The molecule has 0 aliphatic rings. The summed E-state index contributed by atoms with van der Waals surface area (Å²) in [5.74, 6) is 0.851. The average molecular weight is 300 g/mol. The van der Waals surface area contributed by atoms with Crippen LogP contribution >= 0.6 is 11.8 Å². The molecule has 0 bridgehead atoms. The number of carbonyl (C=O) groups is 1. The van der Waals surface area contributed by atoms with Crippen molar-refractivity contribution in [2.75, 3.05) is 17.6 Å². The van der Waals surface area contributed by atoms with Crippen molar-refractivity contribution >= 4 is 23.5 Å². The third-order valence-corrected chi connectivity index (χ3v) is 3.97. The highest BCUT2D eigenvalue weighted by Gasteiger charge is 2.01. The van der Waals surface area contributed by atoms with Crippen LogP contribution in [0.1, 0.15) is 11.1 Å². The van der Waals surface area contributed by atoms with E-state index in [0.29, 0.717) is 6.54 Å². The Hall–Kier alpha value is -1.94. The van der Waals surface area contributed by atoms with Gasteiger partial charge < -0.3 is 10.6 Å². The van der Waals surface area contributed by atoms with Crippen molar-refractivity contribution in [2.45, 2.75) is 18.7 Å². The van der Waals surface area contributed by atoms with Crippen LogP contribution in [-0.4, -0.2) is 18.3 Å². The summed E-state index contributed by atoms with van der Waals surface area (Å²) in [5.41, 5.74) is 3.21. The molecule has 0 aliphatic heterocycles. The molecule has 0 aliphatic carbocycles. The molecular formula is C17H20N2OS. The molecule has 0 saturated carbocycles. The molecule has 3 nitrogen and oxygen atoms in total. The lowest BCUT2D eigenvalue weighted by Gasteiger charge is -2.08. The predicted molar refractivity (Wildman–Crippen MR) is 90.1 cm³/mol. The molecule has 0 aromatic heterocycles. The van der Waals surface area contributed by atoms with Gasteiger partial charge in [-0.15, -0.1) is 11.8 Å². The van der Waals surface area contributed by atoms with Crippen molar-refractivity contribution in [3.63, 3.8) is 0 Å². The largest absolute Gasteiger partial charge is 0.337 e. The van der Waals surface area contributed by atoms with Crippen LogP contribution < -0.4 is 10.6 Å². The molecule has 4 heteroatoms. The Kier molecular flexibility index (Phi) is 5.69. The molecule has 2 N–H and O–H groups in total. The van der Waals surface area contributed by atoms with Crippen molar-refractivity contribution in [2.24, 2.45) is 0 Å². The second kappa shape index (κ2) is 7.74. The van der Waals surface area contributed by atoms with E-state index in [2.05, 4.69) is 41.8 Å². The van der Waals surface area contributed by atoms with Gasteiger partial charge in [0.2, 0.25) is 0 Å². The Morgan fingerprint density at radius 3 is 2.52 bits per heavy atom. The highest BCUT2D eigenvalue weighted by atomic mass is 32.2. The van der Waals surface area contributed by atoms with Gasteiger partial charge in [-0.3, -0.25) is 0 Å². The summed E-state index contributed by atoms with van der Waals surface area (Å²) >= 11 is 1.74. The minimum absolute atomic E-state index is 0.162. The summed E-state index contributed by atoms with van der Waals surface area (Å²) in [6.45, 7) is 4.71. The molecule has 110 valence electrons. The van der Waals surface area contributed by atoms with Gasteiger partial charge in [0.1, 0.15) is 0 Å². The van der Waals surface area contributed by atoms with E-state index in [1.165, 1.54) is 10.5 Å². The average Bonchev–Trinajstić information content (AvgIpc) is 2.45. The van der Waals surface area contributed by atoms with Crippen LogP contribution in [-0.2, 0) is 0 Å². The van der Waals surface area contributed by atoms with Gasteiger partial charge in [-0.1, -0.05) is 29.8 Å². The molecule has 2 amide bonds. The van der Waals surface area contributed by atoms with Gasteiger partial charge >= 0.3 is 6.03 Å². The summed E-state index contributed by atoms with van der Waals surface area (Å²) < 4.78 is 0. The quantitative estimate of drug-likeness (QED) is 0.641. The molecule has 0 saturated heterocycles. The standard InChI is InChI=1S/C17H20N2OS/c1-13-6-8-16(9-7-13)21-11-10-18-17(20)19-15-5-3-4-14(2)12-15/h3-9,12H,10-11H2,1-2H3,(H2,18,19,20). The third kappa shape index (κ3) is 5.52. The second-order valence-electron chi connectivity index (χ2n) is 4.91. The third-order valence-electron chi connectivity index (χ3n) is 2.95. The van der Waals surface area contributed by atoms with E-state index in [-0.39, 0.29) is 6.03 Å². The number of rotatable bonds is 5. The van der Waals surface area contributed by atoms with E-state index in [9.17, 15) is 4.79 Å². The molecule has 0 spiro atoms. The molecule has 0 heterocycles. The summed E-state index contributed by atoms with van der Waals surface area (Å²) in [6, 6.07) is 16.0. The van der Waals surface area contributed by atoms with Crippen molar-refractivity contribution in [1.29, 1.82) is 0 Å². The Morgan fingerprint density at radius 2 is 1.81 bits per heavy atom. The molecule has 21 heavy (non-hydrogen) atoms. The van der Waals surface area contributed by atoms with Gasteiger partial charge in [-0.25, -0.2) is 4.79 Å². The van der Waals surface area contributed by atoms with E-state index >= 15 is 0 Å². The minimum atomic E-state index is -0.162. The highest BCUT2D eigenvalue weighted by molar-refractivity contribution is 7.99. The van der Waals surface area contributed by atoms with E-state index < -0.39 is 0 Å². The molecular weight excluding hydrogens is 280 g/mol. The number of amides is 2. The number of benzene rings is 2.